The van der Waals surface area contributed by atoms with E-state index in [9.17, 15) is 9.90 Å². The zero-order chi connectivity index (χ0) is 25.0. The molecule has 3 rings (SSSR count). The van der Waals surface area contributed by atoms with Gasteiger partial charge in [-0.25, -0.2) is 4.79 Å². The Morgan fingerprint density at radius 1 is 1.29 bits per heavy atom. The van der Waals surface area contributed by atoms with Crippen molar-refractivity contribution in [2.75, 3.05) is 6.61 Å². The highest BCUT2D eigenvalue weighted by Gasteiger charge is 2.41. The maximum Gasteiger partial charge on any atom is 0.341 e. The van der Waals surface area contributed by atoms with Crippen molar-refractivity contribution in [3.8, 4) is 5.75 Å². The first-order chi connectivity index (χ1) is 16.1. The SMILES string of the molecule is C=C(C)[C@H]1C[C@H](c2cccc(Cl)c2)[C@H](CCC)O[C@@H]1c1c(C)cc(C(C)C)cc1OCC(=O)O. The van der Waals surface area contributed by atoms with Crippen molar-refractivity contribution in [1.82, 2.24) is 0 Å². The molecule has 4 atom stereocenters. The molecule has 0 aromatic heterocycles. The molecule has 1 aliphatic heterocycles. The molecule has 0 saturated carbocycles. The Hall–Kier alpha value is -2.30. The van der Waals surface area contributed by atoms with Gasteiger partial charge in [0, 0.05) is 22.4 Å². The summed E-state index contributed by atoms with van der Waals surface area (Å²) in [5, 5.41) is 10.0. The lowest BCUT2D eigenvalue weighted by Gasteiger charge is -2.43. The van der Waals surface area contributed by atoms with Crippen molar-refractivity contribution in [3.63, 3.8) is 0 Å². The van der Waals surface area contributed by atoms with Gasteiger partial charge < -0.3 is 14.6 Å². The van der Waals surface area contributed by atoms with E-state index in [0.717, 1.165) is 46.5 Å². The van der Waals surface area contributed by atoms with Crippen LogP contribution in [0.2, 0.25) is 5.02 Å². The van der Waals surface area contributed by atoms with E-state index in [4.69, 9.17) is 21.1 Å². The highest BCUT2D eigenvalue weighted by molar-refractivity contribution is 6.30. The quantitative estimate of drug-likeness (QED) is 0.368. The van der Waals surface area contributed by atoms with Crippen LogP contribution in [0.4, 0.5) is 0 Å². The van der Waals surface area contributed by atoms with Crippen LogP contribution < -0.4 is 4.74 Å². The van der Waals surface area contributed by atoms with Crippen molar-refractivity contribution in [1.29, 1.82) is 0 Å². The monoisotopic (exact) mass is 484 g/mol. The summed E-state index contributed by atoms with van der Waals surface area (Å²) in [6.07, 6.45) is 2.56. The molecule has 1 fully saturated rings. The number of ether oxygens (including phenoxy) is 2. The summed E-state index contributed by atoms with van der Waals surface area (Å²) in [4.78, 5) is 11.3. The van der Waals surface area contributed by atoms with Gasteiger partial charge in [-0.2, -0.15) is 0 Å². The molecule has 1 N–H and O–H groups in total. The normalized spacial score (nSPS) is 22.6. The molecule has 0 unspecified atom stereocenters. The van der Waals surface area contributed by atoms with Gasteiger partial charge in [0.25, 0.3) is 0 Å². The predicted octanol–water partition coefficient (Wildman–Crippen LogP) is 7.84. The number of hydrogen-bond donors (Lipinski definition) is 1. The first-order valence-electron chi connectivity index (χ1n) is 12.2. The number of carboxylic acids is 1. The number of aryl methyl sites for hydroxylation is 1. The summed E-state index contributed by atoms with van der Waals surface area (Å²) in [7, 11) is 0. The largest absolute Gasteiger partial charge is 0.482 e. The number of carbonyl (C=O) groups is 1. The first kappa shape index (κ1) is 26.3. The zero-order valence-corrected chi connectivity index (χ0v) is 21.7. The van der Waals surface area contributed by atoms with Gasteiger partial charge in [0.15, 0.2) is 6.61 Å². The predicted molar refractivity (Wildman–Crippen MR) is 138 cm³/mol. The molecule has 0 bridgehead atoms. The Morgan fingerprint density at radius 2 is 2.03 bits per heavy atom. The number of aliphatic carboxylic acids is 1. The second-order valence-electron chi connectivity index (χ2n) is 9.82. The van der Waals surface area contributed by atoms with Crippen molar-refractivity contribution >= 4 is 17.6 Å². The van der Waals surface area contributed by atoms with Crippen molar-refractivity contribution < 1.29 is 19.4 Å². The third-order valence-electron chi connectivity index (χ3n) is 6.80. The Bertz CT molecular complexity index is 1030. The van der Waals surface area contributed by atoms with Gasteiger partial charge >= 0.3 is 5.97 Å². The van der Waals surface area contributed by atoms with E-state index in [1.807, 2.05) is 31.2 Å². The fourth-order valence-corrected chi connectivity index (χ4v) is 5.25. The van der Waals surface area contributed by atoms with Crippen LogP contribution in [0.3, 0.4) is 0 Å². The molecule has 2 aromatic rings. The first-order valence-corrected chi connectivity index (χ1v) is 12.5. The second-order valence-corrected chi connectivity index (χ2v) is 10.3. The molecule has 0 amide bonds. The van der Waals surface area contributed by atoms with Crippen LogP contribution in [0.5, 0.6) is 5.75 Å². The molecule has 184 valence electrons. The van der Waals surface area contributed by atoms with E-state index in [1.54, 1.807) is 0 Å². The molecule has 5 heteroatoms. The average molecular weight is 485 g/mol. The van der Waals surface area contributed by atoms with Gasteiger partial charge in [0.1, 0.15) is 5.75 Å². The minimum absolute atomic E-state index is 0.0144. The van der Waals surface area contributed by atoms with Gasteiger partial charge in [0.2, 0.25) is 0 Å². The van der Waals surface area contributed by atoms with E-state index >= 15 is 0 Å². The fourth-order valence-electron chi connectivity index (χ4n) is 5.05. The molecule has 0 radical (unpaired) electrons. The molecule has 2 aromatic carbocycles. The van der Waals surface area contributed by atoms with Crippen molar-refractivity contribution in [3.05, 3.63) is 75.8 Å². The Balaban J connectivity index is 2.08. The van der Waals surface area contributed by atoms with E-state index in [2.05, 4.69) is 46.4 Å². The lowest BCUT2D eigenvalue weighted by molar-refractivity contribution is -0.139. The maximum absolute atomic E-state index is 11.3. The van der Waals surface area contributed by atoms with Gasteiger partial charge in [-0.05, 0) is 67.5 Å². The lowest BCUT2D eigenvalue weighted by Crippen LogP contribution is -2.36. The molecule has 34 heavy (non-hydrogen) atoms. The minimum Gasteiger partial charge on any atom is -0.482 e. The van der Waals surface area contributed by atoms with Crippen LogP contribution >= 0.6 is 11.6 Å². The van der Waals surface area contributed by atoms with E-state index in [-0.39, 0.29) is 30.7 Å². The number of halogens is 1. The van der Waals surface area contributed by atoms with Crippen LogP contribution in [0.1, 0.15) is 87.2 Å². The van der Waals surface area contributed by atoms with Gasteiger partial charge in [-0.3, -0.25) is 0 Å². The fraction of sp³-hybridized carbons (Fsp3) is 0.483. The Kier molecular flexibility index (Phi) is 8.83. The van der Waals surface area contributed by atoms with Crippen molar-refractivity contribution in [2.24, 2.45) is 5.92 Å². The van der Waals surface area contributed by atoms with Gasteiger partial charge in [-0.15, -0.1) is 0 Å². The lowest BCUT2D eigenvalue weighted by atomic mass is 9.74. The third-order valence-corrected chi connectivity index (χ3v) is 7.04. The molecular formula is C29H37ClO4. The summed E-state index contributed by atoms with van der Waals surface area (Å²) < 4.78 is 12.7. The highest BCUT2D eigenvalue weighted by atomic mass is 35.5. The van der Waals surface area contributed by atoms with E-state index in [0.29, 0.717) is 11.7 Å². The summed E-state index contributed by atoms with van der Waals surface area (Å²) in [6.45, 7) is 14.4. The van der Waals surface area contributed by atoms with Crippen LogP contribution in [-0.2, 0) is 9.53 Å². The number of rotatable bonds is 9. The van der Waals surface area contributed by atoms with Crippen LogP contribution in [0, 0.1) is 12.8 Å². The number of carboxylic acid groups (broad SMARTS) is 1. The number of hydrogen-bond acceptors (Lipinski definition) is 3. The molecule has 0 spiro atoms. The van der Waals surface area contributed by atoms with Gasteiger partial charge in [-0.1, -0.05) is 69.1 Å². The summed E-state index contributed by atoms with van der Waals surface area (Å²) in [6, 6.07) is 12.2. The molecular weight excluding hydrogens is 448 g/mol. The second kappa shape index (κ2) is 11.4. The third kappa shape index (κ3) is 6.03. The smallest absolute Gasteiger partial charge is 0.341 e. The average Bonchev–Trinajstić information content (AvgIpc) is 2.77. The van der Waals surface area contributed by atoms with Crippen LogP contribution in [-0.4, -0.2) is 23.8 Å². The molecule has 1 heterocycles. The van der Waals surface area contributed by atoms with Gasteiger partial charge in [0.05, 0.1) is 12.2 Å². The van der Waals surface area contributed by atoms with E-state index < -0.39 is 5.97 Å². The van der Waals surface area contributed by atoms with Crippen LogP contribution in [0.25, 0.3) is 0 Å². The highest BCUT2D eigenvalue weighted by Crippen LogP contribution is 2.50. The number of benzene rings is 2. The summed E-state index contributed by atoms with van der Waals surface area (Å²) in [5.41, 5.74) is 5.34. The molecule has 4 nitrogen and oxygen atoms in total. The standard InChI is InChI=1S/C29H37ClO4/c1-7-9-25-24(20-10-8-11-22(30)13-20)15-23(18(4)5)29(34-25)28-19(6)12-21(17(2)3)14-26(28)33-16-27(31)32/h8,10-14,17,23-25,29H,4,7,9,15-16H2,1-3,5-6H3,(H,31,32)/t23-,24-,25+,29+/m1/s1. The molecule has 1 saturated heterocycles. The zero-order valence-electron chi connectivity index (χ0n) is 20.9. The van der Waals surface area contributed by atoms with Crippen molar-refractivity contribution in [2.45, 2.75) is 77.9 Å². The molecule has 1 aliphatic rings. The minimum atomic E-state index is -0.996. The van der Waals surface area contributed by atoms with Crippen LogP contribution in [0.15, 0.2) is 48.6 Å². The Morgan fingerprint density at radius 3 is 2.62 bits per heavy atom. The summed E-state index contributed by atoms with van der Waals surface area (Å²) in [5.74, 6) is 0.163. The maximum atomic E-state index is 11.3. The summed E-state index contributed by atoms with van der Waals surface area (Å²) >= 11 is 6.33. The topological polar surface area (TPSA) is 55.8 Å². The Labute approximate surface area is 208 Å². The van der Waals surface area contributed by atoms with E-state index in [1.165, 1.54) is 5.56 Å². The molecule has 0 aliphatic carbocycles.